The van der Waals surface area contributed by atoms with Gasteiger partial charge in [0, 0.05) is 18.8 Å². The largest absolute Gasteiger partial charge is 0.456 e. The van der Waals surface area contributed by atoms with Crippen molar-refractivity contribution >= 4 is 11.6 Å². The van der Waals surface area contributed by atoms with Gasteiger partial charge >= 0.3 is 0 Å². The zero-order valence-corrected chi connectivity index (χ0v) is 14.1. The predicted octanol–water partition coefficient (Wildman–Crippen LogP) is 3.62. The van der Waals surface area contributed by atoms with Gasteiger partial charge in [-0.3, -0.25) is 14.5 Å². The van der Waals surface area contributed by atoms with Gasteiger partial charge in [0.15, 0.2) is 0 Å². The van der Waals surface area contributed by atoms with Crippen molar-refractivity contribution in [3.63, 3.8) is 0 Å². The SMILES string of the molecule is Cc1ccc(Oc2ccc(F)c(NC(=O)c3cc(C)nn3C)c2)cn1. The standard InChI is InChI=1S/C18H17FN4O2/c1-11-4-5-14(10-20-11)25-13-6-7-15(19)16(9-13)21-18(24)17-8-12(2)22-23(17)3/h4-10H,1-3H3,(H,21,24). The van der Waals surface area contributed by atoms with E-state index in [2.05, 4.69) is 15.4 Å². The number of pyridine rings is 1. The first-order valence-corrected chi connectivity index (χ1v) is 7.64. The molecule has 6 nitrogen and oxygen atoms in total. The lowest BCUT2D eigenvalue weighted by atomic mass is 10.2. The van der Waals surface area contributed by atoms with Crippen LogP contribution < -0.4 is 10.1 Å². The van der Waals surface area contributed by atoms with Crippen LogP contribution in [0, 0.1) is 19.7 Å². The second-order valence-corrected chi connectivity index (χ2v) is 5.63. The van der Waals surface area contributed by atoms with Crippen LogP contribution in [0.15, 0.2) is 42.6 Å². The zero-order valence-electron chi connectivity index (χ0n) is 14.1. The number of anilines is 1. The molecule has 0 radical (unpaired) electrons. The first-order valence-electron chi connectivity index (χ1n) is 7.64. The fourth-order valence-electron chi connectivity index (χ4n) is 2.32. The number of carbonyl (C=O) groups excluding carboxylic acids is 1. The van der Waals surface area contributed by atoms with Crippen LogP contribution in [0.25, 0.3) is 0 Å². The molecule has 0 aliphatic rings. The van der Waals surface area contributed by atoms with Crippen molar-refractivity contribution in [1.29, 1.82) is 0 Å². The number of halogens is 1. The van der Waals surface area contributed by atoms with Crippen LogP contribution in [0.3, 0.4) is 0 Å². The molecule has 0 fully saturated rings. The summed E-state index contributed by atoms with van der Waals surface area (Å²) in [6, 6.07) is 9.36. The quantitative estimate of drug-likeness (QED) is 0.788. The molecule has 0 bridgehead atoms. The second-order valence-electron chi connectivity index (χ2n) is 5.63. The van der Waals surface area contributed by atoms with Crippen molar-refractivity contribution in [2.45, 2.75) is 13.8 Å². The maximum absolute atomic E-state index is 14.0. The summed E-state index contributed by atoms with van der Waals surface area (Å²) in [5.41, 5.74) is 1.94. The Bertz CT molecular complexity index is 919. The maximum Gasteiger partial charge on any atom is 0.274 e. The summed E-state index contributed by atoms with van der Waals surface area (Å²) in [5, 5.41) is 6.65. The van der Waals surface area contributed by atoms with E-state index in [0.717, 1.165) is 5.69 Å². The Morgan fingerprint density at radius 1 is 1.12 bits per heavy atom. The summed E-state index contributed by atoms with van der Waals surface area (Å²) in [7, 11) is 1.65. The summed E-state index contributed by atoms with van der Waals surface area (Å²) >= 11 is 0. The third-order valence-electron chi connectivity index (χ3n) is 3.54. The molecule has 7 heteroatoms. The fraction of sp³-hybridized carbons (Fsp3) is 0.167. The smallest absolute Gasteiger partial charge is 0.274 e. The first kappa shape index (κ1) is 16.6. The second kappa shape index (κ2) is 6.72. The Kier molecular flexibility index (Phi) is 4.47. The molecule has 3 aromatic rings. The molecule has 0 atom stereocenters. The third kappa shape index (κ3) is 3.82. The van der Waals surface area contributed by atoms with Crippen LogP contribution >= 0.6 is 0 Å². The van der Waals surface area contributed by atoms with E-state index in [1.165, 1.54) is 22.9 Å². The fourth-order valence-corrected chi connectivity index (χ4v) is 2.32. The number of aromatic nitrogens is 3. The topological polar surface area (TPSA) is 69.0 Å². The highest BCUT2D eigenvalue weighted by Crippen LogP contribution is 2.26. The molecule has 0 aliphatic heterocycles. The number of nitrogens with one attached hydrogen (secondary N) is 1. The lowest BCUT2D eigenvalue weighted by molar-refractivity contribution is 0.101. The van der Waals surface area contributed by atoms with Gasteiger partial charge < -0.3 is 10.1 Å². The summed E-state index contributed by atoms with van der Waals surface area (Å²) in [4.78, 5) is 16.5. The predicted molar refractivity (Wildman–Crippen MR) is 91.3 cm³/mol. The van der Waals surface area contributed by atoms with Gasteiger partial charge in [-0.2, -0.15) is 5.10 Å². The number of hydrogen-bond acceptors (Lipinski definition) is 4. The summed E-state index contributed by atoms with van der Waals surface area (Å²) in [5.74, 6) is -0.0851. The molecule has 128 valence electrons. The number of nitrogens with zero attached hydrogens (tertiary/aromatic N) is 3. The number of amides is 1. The lowest BCUT2D eigenvalue weighted by Crippen LogP contribution is -2.16. The number of benzene rings is 1. The van der Waals surface area contributed by atoms with E-state index in [4.69, 9.17) is 4.74 Å². The molecule has 0 spiro atoms. The van der Waals surface area contributed by atoms with Gasteiger partial charge in [-0.25, -0.2) is 4.39 Å². The number of aryl methyl sites for hydroxylation is 3. The summed E-state index contributed by atoms with van der Waals surface area (Å²) < 4.78 is 21.1. The Balaban J connectivity index is 1.80. The van der Waals surface area contributed by atoms with Gasteiger partial charge in [-0.1, -0.05) is 0 Å². The van der Waals surface area contributed by atoms with Crippen LogP contribution in [0.2, 0.25) is 0 Å². The highest BCUT2D eigenvalue weighted by atomic mass is 19.1. The molecule has 0 aliphatic carbocycles. The molecule has 2 aromatic heterocycles. The van der Waals surface area contributed by atoms with Gasteiger partial charge in [0.05, 0.1) is 17.6 Å². The summed E-state index contributed by atoms with van der Waals surface area (Å²) in [6.07, 6.45) is 1.58. The molecule has 1 N–H and O–H groups in total. The third-order valence-corrected chi connectivity index (χ3v) is 3.54. The van der Waals surface area contributed by atoms with Gasteiger partial charge in [0.25, 0.3) is 5.91 Å². The van der Waals surface area contributed by atoms with Crippen LogP contribution in [0.1, 0.15) is 21.9 Å². The van der Waals surface area contributed by atoms with Crippen molar-refractivity contribution in [1.82, 2.24) is 14.8 Å². The minimum absolute atomic E-state index is 0.0291. The highest BCUT2D eigenvalue weighted by molar-refractivity contribution is 6.03. The molecule has 0 saturated carbocycles. The van der Waals surface area contributed by atoms with E-state index in [-0.39, 0.29) is 5.69 Å². The molecule has 2 heterocycles. The van der Waals surface area contributed by atoms with E-state index < -0.39 is 11.7 Å². The summed E-state index contributed by atoms with van der Waals surface area (Å²) in [6.45, 7) is 3.65. The van der Waals surface area contributed by atoms with Crippen molar-refractivity contribution in [3.05, 3.63) is 65.5 Å². The van der Waals surface area contributed by atoms with Crippen molar-refractivity contribution < 1.29 is 13.9 Å². The number of hydrogen-bond donors (Lipinski definition) is 1. The molecule has 3 rings (SSSR count). The van der Waals surface area contributed by atoms with Crippen LogP contribution in [-0.4, -0.2) is 20.7 Å². The molecular formula is C18H17FN4O2. The number of ether oxygens (including phenoxy) is 1. The monoisotopic (exact) mass is 340 g/mol. The highest BCUT2D eigenvalue weighted by Gasteiger charge is 2.15. The van der Waals surface area contributed by atoms with Crippen molar-refractivity contribution in [2.75, 3.05) is 5.32 Å². The lowest BCUT2D eigenvalue weighted by Gasteiger charge is -2.10. The molecular weight excluding hydrogens is 323 g/mol. The van der Waals surface area contributed by atoms with Crippen molar-refractivity contribution in [3.8, 4) is 11.5 Å². The number of carbonyl (C=O) groups is 1. The maximum atomic E-state index is 14.0. The van der Waals surface area contributed by atoms with E-state index in [0.29, 0.717) is 22.9 Å². The Morgan fingerprint density at radius 2 is 1.88 bits per heavy atom. The average molecular weight is 340 g/mol. The van der Waals surface area contributed by atoms with Gasteiger partial charge in [0.2, 0.25) is 0 Å². The molecule has 1 amide bonds. The normalized spacial score (nSPS) is 10.6. The van der Waals surface area contributed by atoms with E-state index in [1.54, 1.807) is 32.3 Å². The average Bonchev–Trinajstić information content (AvgIpc) is 2.91. The minimum Gasteiger partial charge on any atom is -0.456 e. The molecule has 0 unspecified atom stereocenters. The number of rotatable bonds is 4. The molecule has 0 saturated heterocycles. The van der Waals surface area contributed by atoms with Crippen molar-refractivity contribution in [2.24, 2.45) is 7.05 Å². The zero-order chi connectivity index (χ0) is 18.0. The van der Waals surface area contributed by atoms with E-state index >= 15 is 0 Å². The van der Waals surface area contributed by atoms with E-state index in [1.807, 2.05) is 13.0 Å². The van der Waals surface area contributed by atoms with Crippen LogP contribution in [-0.2, 0) is 7.05 Å². The van der Waals surface area contributed by atoms with Gasteiger partial charge in [-0.15, -0.1) is 0 Å². The van der Waals surface area contributed by atoms with Crippen LogP contribution in [0.4, 0.5) is 10.1 Å². The van der Waals surface area contributed by atoms with Crippen LogP contribution in [0.5, 0.6) is 11.5 Å². The molecule has 1 aromatic carbocycles. The minimum atomic E-state index is -0.554. The molecule has 25 heavy (non-hydrogen) atoms. The van der Waals surface area contributed by atoms with Gasteiger partial charge in [0.1, 0.15) is 23.0 Å². The first-order chi connectivity index (χ1) is 11.9. The Hall–Kier alpha value is -3.22. The Morgan fingerprint density at radius 3 is 2.52 bits per heavy atom. The van der Waals surface area contributed by atoms with E-state index in [9.17, 15) is 9.18 Å². The van der Waals surface area contributed by atoms with Gasteiger partial charge in [-0.05, 0) is 44.2 Å². The Labute approximate surface area is 144 Å².